The summed E-state index contributed by atoms with van der Waals surface area (Å²) < 4.78 is 1.61. The summed E-state index contributed by atoms with van der Waals surface area (Å²) in [4.78, 5) is 39.4. The minimum Gasteiger partial charge on any atom is -0.267 e. The maximum Gasteiger partial charge on any atom is 0.289 e. The molecule has 10 heteroatoms. The summed E-state index contributed by atoms with van der Waals surface area (Å²) in [6.45, 7) is 3.75. The van der Waals surface area contributed by atoms with Gasteiger partial charge in [-0.15, -0.1) is 0 Å². The third-order valence-electron chi connectivity index (χ3n) is 5.45. The number of nitrogens with zero attached hydrogens (tertiary/aromatic N) is 5. The summed E-state index contributed by atoms with van der Waals surface area (Å²) in [6, 6.07) is 19.5. The molecule has 0 aliphatic heterocycles. The molecule has 0 saturated heterocycles. The Balaban J connectivity index is 1.41. The third-order valence-corrected chi connectivity index (χ3v) is 5.76. The van der Waals surface area contributed by atoms with E-state index in [2.05, 4.69) is 30.9 Å². The summed E-state index contributed by atoms with van der Waals surface area (Å²) in [5, 5.41) is 5.15. The van der Waals surface area contributed by atoms with Gasteiger partial charge in [0.2, 0.25) is 0 Å². The van der Waals surface area contributed by atoms with Crippen molar-refractivity contribution in [2.75, 3.05) is 0 Å². The molecule has 0 aliphatic rings. The number of aromatic nitrogens is 5. The molecule has 0 radical (unpaired) electrons. The fraction of sp³-hybridized carbons (Fsp3) is 0.0769. The van der Waals surface area contributed by atoms with Crippen molar-refractivity contribution in [3.8, 4) is 17.2 Å². The van der Waals surface area contributed by atoms with Crippen LogP contribution in [-0.2, 0) is 0 Å². The van der Waals surface area contributed by atoms with Gasteiger partial charge in [0.1, 0.15) is 0 Å². The van der Waals surface area contributed by atoms with E-state index >= 15 is 0 Å². The predicted octanol–water partition coefficient (Wildman–Crippen LogP) is 4.22. The molecule has 9 nitrogen and oxygen atoms in total. The predicted molar refractivity (Wildman–Crippen MR) is 136 cm³/mol. The molecule has 0 fully saturated rings. The third kappa shape index (κ3) is 4.51. The van der Waals surface area contributed by atoms with Crippen molar-refractivity contribution in [3.05, 3.63) is 101 Å². The Bertz CT molecular complexity index is 1620. The van der Waals surface area contributed by atoms with Gasteiger partial charge in [-0.2, -0.15) is 5.10 Å². The SMILES string of the molecule is Cc1cc(C)n(-c2ccc(Cl)c(C(=O)NNC(=O)c3cc(-c4ccccn4)nc4ccccc34)n2)n1. The zero-order valence-corrected chi connectivity index (χ0v) is 20.1. The van der Waals surface area contributed by atoms with Crippen molar-refractivity contribution in [1.82, 2.24) is 35.6 Å². The van der Waals surface area contributed by atoms with Crippen molar-refractivity contribution in [1.29, 1.82) is 0 Å². The van der Waals surface area contributed by atoms with E-state index in [0.717, 1.165) is 11.4 Å². The molecule has 1 aromatic carbocycles. The smallest absolute Gasteiger partial charge is 0.267 e. The van der Waals surface area contributed by atoms with E-state index in [9.17, 15) is 9.59 Å². The van der Waals surface area contributed by atoms with Gasteiger partial charge in [-0.1, -0.05) is 35.9 Å². The first-order valence-electron chi connectivity index (χ1n) is 11.0. The number of amides is 2. The highest BCUT2D eigenvalue weighted by atomic mass is 35.5. The molecule has 0 unspecified atom stereocenters. The fourth-order valence-electron chi connectivity index (χ4n) is 3.82. The lowest BCUT2D eigenvalue weighted by atomic mass is 10.1. The molecule has 178 valence electrons. The van der Waals surface area contributed by atoms with Crippen molar-refractivity contribution in [2.45, 2.75) is 13.8 Å². The largest absolute Gasteiger partial charge is 0.289 e. The molecule has 0 bridgehead atoms. The molecule has 5 rings (SSSR count). The highest BCUT2D eigenvalue weighted by Crippen LogP contribution is 2.24. The number of hydrazine groups is 1. The summed E-state index contributed by atoms with van der Waals surface area (Å²) >= 11 is 6.24. The maximum absolute atomic E-state index is 13.2. The Morgan fingerprint density at radius 3 is 2.39 bits per heavy atom. The maximum atomic E-state index is 13.2. The quantitative estimate of drug-likeness (QED) is 0.359. The van der Waals surface area contributed by atoms with Gasteiger partial charge in [-0.05, 0) is 56.3 Å². The summed E-state index contributed by atoms with van der Waals surface area (Å²) in [7, 11) is 0. The Kier molecular flexibility index (Phi) is 6.14. The summed E-state index contributed by atoms with van der Waals surface area (Å²) in [5.41, 5.74) is 8.61. The molecule has 0 atom stereocenters. The van der Waals surface area contributed by atoms with Gasteiger partial charge in [0.25, 0.3) is 11.8 Å². The standard InChI is InChI=1S/C26H20ClN7O2/c1-15-13-16(2)34(33-15)23-11-10-19(27)24(30-23)26(36)32-31-25(35)18-14-22(21-9-5-6-12-28-21)29-20-8-4-3-7-17(18)20/h3-14H,1-2H3,(H,31,35)(H,32,36). The van der Waals surface area contributed by atoms with E-state index in [1.807, 2.05) is 50.2 Å². The van der Waals surface area contributed by atoms with Gasteiger partial charge in [-0.25, -0.2) is 14.6 Å². The molecule has 0 spiro atoms. The highest BCUT2D eigenvalue weighted by molar-refractivity contribution is 6.33. The van der Waals surface area contributed by atoms with Crippen molar-refractivity contribution in [2.24, 2.45) is 0 Å². The number of hydrogen-bond acceptors (Lipinski definition) is 6. The molecule has 36 heavy (non-hydrogen) atoms. The van der Waals surface area contributed by atoms with Gasteiger partial charge in [-0.3, -0.25) is 25.4 Å². The molecule has 0 aliphatic carbocycles. The van der Waals surface area contributed by atoms with E-state index < -0.39 is 11.8 Å². The van der Waals surface area contributed by atoms with Crippen LogP contribution in [0, 0.1) is 13.8 Å². The van der Waals surface area contributed by atoms with Crippen LogP contribution in [0.5, 0.6) is 0 Å². The second-order valence-electron chi connectivity index (χ2n) is 8.03. The number of carbonyl (C=O) groups excluding carboxylic acids is 2. The van der Waals surface area contributed by atoms with E-state index in [1.165, 1.54) is 0 Å². The van der Waals surface area contributed by atoms with Gasteiger partial charge < -0.3 is 0 Å². The first kappa shape index (κ1) is 23.1. The van der Waals surface area contributed by atoms with Crippen molar-refractivity contribution in [3.63, 3.8) is 0 Å². The Hall–Kier alpha value is -4.63. The van der Waals surface area contributed by atoms with E-state index in [4.69, 9.17) is 11.6 Å². The second kappa shape index (κ2) is 9.55. The number of halogens is 1. The fourth-order valence-corrected chi connectivity index (χ4v) is 4.01. The van der Waals surface area contributed by atoms with Gasteiger partial charge >= 0.3 is 0 Å². The molecule has 0 saturated carbocycles. The van der Waals surface area contributed by atoms with E-state index in [-0.39, 0.29) is 10.7 Å². The number of carbonyl (C=O) groups is 2. The average Bonchev–Trinajstić information content (AvgIpc) is 3.24. The monoisotopic (exact) mass is 497 g/mol. The molecular weight excluding hydrogens is 478 g/mol. The number of fused-ring (bicyclic) bond motifs is 1. The lowest BCUT2D eigenvalue weighted by Gasteiger charge is -2.12. The van der Waals surface area contributed by atoms with Crippen LogP contribution in [0.4, 0.5) is 0 Å². The number of nitrogens with one attached hydrogen (secondary N) is 2. The zero-order valence-electron chi connectivity index (χ0n) is 19.4. The first-order chi connectivity index (χ1) is 17.4. The number of para-hydroxylation sites is 1. The van der Waals surface area contributed by atoms with Crippen LogP contribution in [0.15, 0.2) is 72.9 Å². The van der Waals surface area contributed by atoms with Gasteiger partial charge in [0.15, 0.2) is 11.5 Å². The average molecular weight is 498 g/mol. The Labute approximate surface area is 211 Å². The summed E-state index contributed by atoms with van der Waals surface area (Å²) in [5.74, 6) is -0.758. The van der Waals surface area contributed by atoms with Crippen molar-refractivity contribution >= 4 is 34.3 Å². The zero-order chi connectivity index (χ0) is 25.2. The van der Waals surface area contributed by atoms with Crippen LogP contribution in [0.3, 0.4) is 0 Å². The van der Waals surface area contributed by atoms with Crippen LogP contribution < -0.4 is 10.9 Å². The lowest BCUT2D eigenvalue weighted by Crippen LogP contribution is -2.42. The molecule has 4 heterocycles. The van der Waals surface area contributed by atoms with Crippen LogP contribution in [-0.4, -0.2) is 36.5 Å². The van der Waals surface area contributed by atoms with Crippen LogP contribution >= 0.6 is 11.6 Å². The molecule has 2 amide bonds. The topological polar surface area (TPSA) is 115 Å². The van der Waals surface area contributed by atoms with Crippen LogP contribution in [0.1, 0.15) is 32.2 Å². The van der Waals surface area contributed by atoms with Gasteiger partial charge in [0, 0.05) is 17.3 Å². The first-order valence-corrected chi connectivity index (χ1v) is 11.4. The molecule has 2 N–H and O–H groups in total. The van der Waals surface area contributed by atoms with E-state index in [1.54, 1.807) is 41.2 Å². The number of pyridine rings is 3. The van der Waals surface area contributed by atoms with Crippen LogP contribution in [0.25, 0.3) is 28.1 Å². The molecule has 4 aromatic heterocycles. The normalized spacial score (nSPS) is 10.9. The number of aryl methyl sites for hydroxylation is 2. The number of hydrogen-bond donors (Lipinski definition) is 2. The lowest BCUT2D eigenvalue weighted by molar-refractivity contribution is 0.0845. The van der Waals surface area contributed by atoms with Crippen LogP contribution in [0.2, 0.25) is 5.02 Å². The van der Waals surface area contributed by atoms with Gasteiger partial charge in [0.05, 0.1) is 33.2 Å². The minimum absolute atomic E-state index is 0.0456. The van der Waals surface area contributed by atoms with Crippen molar-refractivity contribution < 1.29 is 9.59 Å². The molecular formula is C26H20ClN7O2. The minimum atomic E-state index is -0.667. The van der Waals surface area contributed by atoms with E-state index in [0.29, 0.717) is 33.7 Å². The number of rotatable bonds is 4. The second-order valence-corrected chi connectivity index (χ2v) is 8.44. The summed E-state index contributed by atoms with van der Waals surface area (Å²) in [6.07, 6.45) is 1.66. The Morgan fingerprint density at radius 2 is 1.64 bits per heavy atom. The highest BCUT2D eigenvalue weighted by Gasteiger charge is 2.18. The molecule has 5 aromatic rings. The Morgan fingerprint density at radius 1 is 0.861 bits per heavy atom. The number of benzene rings is 1.